The van der Waals surface area contributed by atoms with Crippen molar-refractivity contribution in [3.8, 4) is 16.1 Å². The summed E-state index contributed by atoms with van der Waals surface area (Å²) in [6.07, 6.45) is -5.85. The van der Waals surface area contributed by atoms with Crippen LogP contribution in [0.4, 0.5) is 27.6 Å². The number of anilines is 1. The second kappa shape index (κ2) is 11.0. The number of carbonyl (C=O) groups is 2. The molecule has 0 spiro atoms. The third kappa shape index (κ3) is 6.26. The van der Waals surface area contributed by atoms with Gasteiger partial charge in [-0.2, -0.15) is 31.3 Å². The average Bonchev–Trinajstić information content (AvgIpc) is 3.46. The van der Waals surface area contributed by atoms with E-state index in [-0.39, 0.29) is 18.0 Å². The highest BCUT2D eigenvalue weighted by Crippen LogP contribution is 2.33. The summed E-state index contributed by atoms with van der Waals surface area (Å²) in [7, 11) is 1.76. The van der Waals surface area contributed by atoms with Crippen molar-refractivity contribution in [3.05, 3.63) is 57.3 Å². The molecule has 10 nitrogen and oxygen atoms in total. The maximum Gasteiger partial charge on any atom is 0.490 e. The molecule has 1 aromatic carbocycles. The quantitative estimate of drug-likeness (QED) is 0.470. The van der Waals surface area contributed by atoms with Gasteiger partial charge in [0.15, 0.2) is 0 Å². The largest absolute Gasteiger partial charge is 0.490 e. The van der Waals surface area contributed by atoms with Crippen molar-refractivity contribution in [2.75, 3.05) is 18.5 Å². The lowest BCUT2D eigenvalue weighted by atomic mass is 9.97. The molecule has 0 bridgehead atoms. The zero-order valence-electron chi connectivity index (χ0n) is 19.0. The molecule has 1 amide bonds. The first-order valence-electron chi connectivity index (χ1n) is 10.4. The van der Waals surface area contributed by atoms with Crippen LogP contribution < -0.4 is 16.3 Å². The number of alkyl halides is 3. The van der Waals surface area contributed by atoms with E-state index in [0.29, 0.717) is 17.8 Å². The Morgan fingerprint density at radius 1 is 1.14 bits per heavy atom. The number of carbonyl (C=O) groups excluding carboxylic acids is 1. The summed E-state index contributed by atoms with van der Waals surface area (Å²) < 4.78 is 59.3. The number of hydrogen-bond acceptors (Lipinski definition) is 7. The summed E-state index contributed by atoms with van der Waals surface area (Å²) in [5, 5.41) is 17.0. The summed E-state index contributed by atoms with van der Waals surface area (Å²) >= 11 is 1.29. The van der Waals surface area contributed by atoms with Crippen LogP contribution in [-0.2, 0) is 22.6 Å². The number of tetrazole rings is 1. The zero-order chi connectivity index (χ0) is 27.5. The Labute approximate surface area is 209 Å². The van der Waals surface area contributed by atoms with Gasteiger partial charge in [-0.15, -0.1) is 11.3 Å². The number of carboxylic acids is 1. The van der Waals surface area contributed by atoms with Crippen LogP contribution >= 0.6 is 11.3 Å². The molecule has 0 radical (unpaired) electrons. The highest BCUT2D eigenvalue weighted by molar-refractivity contribution is 7.13. The van der Waals surface area contributed by atoms with Crippen LogP contribution in [0.15, 0.2) is 46.1 Å². The zero-order valence-corrected chi connectivity index (χ0v) is 19.8. The van der Waals surface area contributed by atoms with Crippen LogP contribution in [0, 0.1) is 0 Å². The minimum Gasteiger partial charge on any atom is -0.475 e. The van der Waals surface area contributed by atoms with E-state index in [1.165, 1.54) is 11.3 Å². The third-order valence-corrected chi connectivity index (χ3v) is 6.19. The van der Waals surface area contributed by atoms with E-state index < -0.39 is 30.5 Å². The second-order valence-corrected chi connectivity index (χ2v) is 8.56. The lowest BCUT2D eigenvalue weighted by Crippen LogP contribution is -2.30. The maximum atomic E-state index is 12.8. The summed E-state index contributed by atoms with van der Waals surface area (Å²) in [6.45, 7) is -0.781. The average molecular weight is 546 g/mol. The van der Waals surface area contributed by atoms with Gasteiger partial charge in [0.25, 0.3) is 6.08 Å². The number of hydrogen-bond donors (Lipinski definition) is 2. The number of benzene rings is 1. The molecule has 0 aliphatic carbocycles. The fourth-order valence-corrected chi connectivity index (χ4v) is 4.18. The fraction of sp³-hybridized carbons (Fsp3) is 0.286. The number of aromatic nitrogens is 4. The predicted molar refractivity (Wildman–Crippen MR) is 123 cm³/mol. The first-order chi connectivity index (χ1) is 17.3. The van der Waals surface area contributed by atoms with Crippen molar-refractivity contribution < 1.29 is 36.6 Å². The number of carboxylic acid groups (broad SMARTS) is 1. The molecule has 198 valence electrons. The molecule has 0 unspecified atom stereocenters. The molecule has 1 aliphatic rings. The number of aryl methyl sites for hydroxylation is 1. The lowest BCUT2D eigenvalue weighted by Gasteiger charge is -2.26. The summed E-state index contributed by atoms with van der Waals surface area (Å²) in [6, 6.07) is 7.65. The fourth-order valence-electron chi connectivity index (χ4n) is 3.32. The van der Waals surface area contributed by atoms with Gasteiger partial charge in [0, 0.05) is 36.7 Å². The maximum absolute atomic E-state index is 12.8. The summed E-state index contributed by atoms with van der Waals surface area (Å²) in [4.78, 5) is 34.9. The molecule has 4 rings (SSSR count). The number of rotatable bonds is 5. The van der Waals surface area contributed by atoms with Gasteiger partial charge in [0.05, 0.1) is 6.54 Å². The molecule has 16 heteroatoms. The van der Waals surface area contributed by atoms with E-state index in [2.05, 4.69) is 10.4 Å². The Morgan fingerprint density at radius 3 is 2.41 bits per heavy atom. The Bertz CT molecular complexity index is 1410. The first kappa shape index (κ1) is 27.7. The molecule has 3 N–H and O–H groups in total. The Morgan fingerprint density at radius 2 is 1.81 bits per heavy atom. The van der Waals surface area contributed by atoms with Gasteiger partial charge in [-0.05, 0) is 51.7 Å². The predicted octanol–water partition coefficient (Wildman–Crippen LogP) is 2.81. The highest BCUT2D eigenvalue weighted by Gasteiger charge is 2.38. The Hall–Kier alpha value is -3.92. The molecule has 0 saturated carbocycles. The monoisotopic (exact) mass is 546 g/mol. The normalized spacial score (nSPS) is 13.1. The van der Waals surface area contributed by atoms with Crippen LogP contribution in [0.25, 0.3) is 16.1 Å². The lowest BCUT2D eigenvalue weighted by molar-refractivity contribution is -0.192. The van der Waals surface area contributed by atoms with Crippen LogP contribution in [0.2, 0.25) is 0 Å². The van der Waals surface area contributed by atoms with E-state index in [4.69, 9.17) is 15.6 Å². The molecule has 0 atom stereocenters. The smallest absolute Gasteiger partial charge is 0.475 e. The molecule has 3 heterocycles. The second-order valence-electron chi connectivity index (χ2n) is 7.67. The van der Waals surface area contributed by atoms with Gasteiger partial charge in [-0.25, -0.2) is 9.59 Å². The van der Waals surface area contributed by atoms with Crippen molar-refractivity contribution >= 4 is 28.9 Å². The third-order valence-electron chi connectivity index (χ3n) is 5.29. The number of amides is 1. The number of nitrogens with two attached hydrogens (primary N) is 1. The van der Waals surface area contributed by atoms with Crippen LogP contribution in [0.3, 0.4) is 0 Å². The number of fused-ring (bicyclic) bond motifs is 1. The van der Waals surface area contributed by atoms with Gasteiger partial charge in [-0.3, -0.25) is 4.79 Å². The highest BCUT2D eigenvalue weighted by atomic mass is 32.1. The van der Waals surface area contributed by atoms with Gasteiger partial charge in [-0.1, -0.05) is 6.07 Å². The van der Waals surface area contributed by atoms with E-state index in [1.807, 2.05) is 23.6 Å². The standard InChI is InChI=1S/C19H18F2N6O2S.C2HF3O2/c1-25-15-4-2-11(6-12(15)3-5-16(25)28)13-7-17(30-10-13)27-19(29)26(23-24-27)9-14(8-22)18(20)21;3-2(4,5)1(6)7/h2,4,6-7,10H,3,5,8-9,22H2,1H3;(H,6,7). The molecule has 37 heavy (non-hydrogen) atoms. The summed E-state index contributed by atoms with van der Waals surface area (Å²) in [5.74, 6) is -2.66. The van der Waals surface area contributed by atoms with Crippen molar-refractivity contribution in [1.82, 2.24) is 19.8 Å². The molecular weight excluding hydrogens is 527 g/mol. The topological polar surface area (TPSA) is 136 Å². The summed E-state index contributed by atoms with van der Waals surface area (Å²) in [5.41, 5.74) is 8.12. The van der Waals surface area contributed by atoms with Crippen LogP contribution in [0.5, 0.6) is 0 Å². The van der Waals surface area contributed by atoms with Crippen molar-refractivity contribution in [2.45, 2.75) is 25.6 Å². The molecule has 3 aromatic rings. The van der Waals surface area contributed by atoms with Crippen molar-refractivity contribution in [2.24, 2.45) is 5.73 Å². The van der Waals surface area contributed by atoms with E-state index in [0.717, 1.165) is 31.7 Å². The number of aliphatic carboxylic acids is 1. The van der Waals surface area contributed by atoms with Crippen molar-refractivity contribution in [3.63, 3.8) is 0 Å². The number of thiophene rings is 1. The van der Waals surface area contributed by atoms with Crippen LogP contribution in [0.1, 0.15) is 12.0 Å². The Balaban J connectivity index is 0.000000479. The minimum absolute atomic E-state index is 0.0933. The van der Waals surface area contributed by atoms with Gasteiger partial charge in [0.2, 0.25) is 5.91 Å². The van der Waals surface area contributed by atoms with E-state index in [9.17, 15) is 31.5 Å². The van der Waals surface area contributed by atoms with Crippen molar-refractivity contribution in [1.29, 1.82) is 0 Å². The van der Waals surface area contributed by atoms with Gasteiger partial charge >= 0.3 is 17.8 Å². The SMILES string of the molecule is CN1C(=O)CCc2cc(-c3csc(-n4nnn(CC(CN)=C(F)F)c4=O)c3)ccc21.O=C(O)C(F)(F)F. The Kier molecular flexibility index (Phi) is 8.22. The molecular formula is C21H19F5N6O4S. The van der Waals surface area contributed by atoms with Gasteiger partial charge in [0.1, 0.15) is 5.00 Å². The molecule has 1 aliphatic heterocycles. The minimum atomic E-state index is -5.08. The molecule has 2 aromatic heterocycles. The number of halogens is 5. The van der Waals surface area contributed by atoms with Crippen LogP contribution in [-0.4, -0.2) is 56.5 Å². The van der Waals surface area contributed by atoms with Gasteiger partial charge < -0.3 is 15.7 Å². The molecule has 0 saturated heterocycles. The van der Waals surface area contributed by atoms with E-state index in [1.54, 1.807) is 18.0 Å². The van der Waals surface area contributed by atoms with E-state index >= 15 is 0 Å². The molecule has 0 fully saturated rings. The number of nitrogens with zero attached hydrogens (tertiary/aromatic N) is 5. The first-order valence-corrected chi connectivity index (χ1v) is 11.3.